The maximum Gasteiger partial charge on any atom is 0.338 e. The number of ether oxygens (including phenoxy) is 3. The number of amides is 1. The van der Waals surface area contributed by atoms with Gasteiger partial charge in [0.2, 0.25) is 5.76 Å². The number of carbonyl (C=O) groups excluding carboxylic acids is 1. The molecule has 0 atom stereocenters. The smallest absolute Gasteiger partial charge is 0.338 e. The van der Waals surface area contributed by atoms with Gasteiger partial charge in [-0.15, -0.1) is 0 Å². The second-order valence-electron chi connectivity index (χ2n) is 7.76. The zero-order valence-electron chi connectivity index (χ0n) is 20.0. The minimum Gasteiger partial charge on any atom is -0.493 e. The highest BCUT2D eigenvalue weighted by atomic mass is 16.6. The number of nitrogens with zero attached hydrogens (tertiary/aromatic N) is 2. The van der Waals surface area contributed by atoms with Crippen LogP contribution < -0.4 is 19.5 Å². The summed E-state index contributed by atoms with van der Waals surface area (Å²) in [4.78, 5) is 23.0. The van der Waals surface area contributed by atoms with E-state index in [4.69, 9.17) is 18.7 Å². The third-order valence-corrected chi connectivity index (χ3v) is 5.13. The summed E-state index contributed by atoms with van der Waals surface area (Å²) in [6, 6.07) is 21.4. The lowest BCUT2D eigenvalue weighted by molar-refractivity contribution is -0.386. The number of hydrogen-bond acceptors (Lipinski definition) is 8. The Morgan fingerprint density at radius 1 is 1.03 bits per heavy atom. The topological polar surface area (TPSA) is 126 Å². The Hall–Kier alpha value is -5.12. The van der Waals surface area contributed by atoms with E-state index >= 15 is 0 Å². The van der Waals surface area contributed by atoms with E-state index in [9.17, 15) is 14.9 Å². The Morgan fingerprint density at radius 3 is 2.46 bits per heavy atom. The molecule has 0 aliphatic heterocycles. The van der Waals surface area contributed by atoms with E-state index in [0.717, 1.165) is 5.75 Å². The van der Waals surface area contributed by atoms with Crippen molar-refractivity contribution < 1.29 is 28.5 Å². The Labute approximate surface area is 212 Å². The van der Waals surface area contributed by atoms with E-state index in [2.05, 4.69) is 10.5 Å². The molecule has 1 N–H and O–H groups in total. The van der Waals surface area contributed by atoms with Crippen LogP contribution >= 0.6 is 0 Å². The van der Waals surface area contributed by atoms with E-state index in [1.54, 1.807) is 48.5 Å². The highest BCUT2D eigenvalue weighted by Gasteiger charge is 2.22. The van der Waals surface area contributed by atoms with E-state index in [-0.39, 0.29) is 29.7 Å². The molecule has 3 aromatic carbocycles. The minimum absolute atomic E-state index is 0.0399. The van der Waals surface area contributed by atoms with Crippen LogP contribution in [-0.2, 0) is 4.79 Å². The Bertz CT molecular complexity index is 1410. The Morgan fingerprint density at radius 2 is 1.76 bits per heavy atom. The molecule has 1 amide bonds. The largest absolute Gasteiger partial charge is 0.493 e. The van der Waals surface area contributed by atoms with Crippen molar-refractivity contribution in [3.63, 3.8) is 0 Å². The number of carbonyl (C=O) groups is 1. The first-order chi connectivity index (χ1) is 17.9. The first-order valence-electron chi connectivity index (χ1n) is 11.2. The molecule has 0 bridgehead atoms. The lowest BCUT2D eigenvalue weighted by Gasteiger charge is -2.12. The molecule has 0 saturated carbocycles. The van der Waals surface area contributed by atoms with Crippen molar-refractivity contribution in [3.05, 3.63) is 99.9 Å². The van der Waals surface area contributed by atoms with Gasteiger partial charge in [-0.05, 0) is 67.1 Å². The number of methoxy groups -OCH3 is 1. The highest BCUT2D eigenvalue weighted by Crippen LogP contribution is 2.30. The van der Waals surface area contributed by atoms with Gasteiger partial charge in [0.1, 0.15) is 11.5 Å². The van der Waals surface area contributed by atoms with E-state index in [1.165, 1.54) is 20.1 Å². The molecule has 1 aromatic heterocycles. The van der Waals surface area contributed by atoms with Gasteiger partial charge in [-0.2, -0.15) is 0 Å². The number of nitrogens with one attached hydrogen (secondary N) is 1. The van der Waals surface area contributed by atoms with E-state index in [0.29, 0.717) is 28.5 Å². The summed E-state index contributed by atoms with van der Waals surface area (Å²) in [7, 11) is 1.47. The summed E-state index contributed by atoms with van der Waals surface area (Å²) >= 11 is 0. The van der Waals surface area contributed by atoms with Gasteiger partial charge >= 0.3 is 5.69 Å². The molecule has 0 spiro atoms. The van der Waals surface area contributed by atoms with Gasteiger partial charge in [0.15, 0.2) is 23.8 Å². The van der Waals surface area contributed by atoms with Crippen LogP contribution in [0.5, 0.6) is 23.0 Å². The van der Waals surface area contributed by atoms with Gasteiger partial charge in [0.05, 0.1) is 12.0 Å². The number of aromatic nitrogens is 1. The van der Waals surface area contributed by atoms with Crippen molar-refractivity contribution in [2.24, 2.45) is 0 Å². The van der Waals surface area contributed by atoms with Gasteiger partial charge in [-0.1, -0.05) is 35.5 Å². The summed E-state index contributed by atoms with van der Waals surface area (Å²) in [5, 5.41) is 17.6. The molecule has 0 fully saturated rings. The quantitative estimate of drug-likeness (QED) is 0.211. The van der Waals surface area contributed by atoms with Crippen molar-refractivity contribution in [1.82, 2.24) is 5.16 Å². The molecule has 0 aliphatic rings. The molecule has 0 unspecified atom stereocenters. The number of rotatable bonds is 10. The molecule has 10 nitrogen and oxygen atoms in total. The van der Waals surface area contributed by atoms with Crippen LogP contribution in [-0.4, -0.2) is 29.7 Å². The molecular formula is C27H23N3O7. The van der Waals surface area contributed by atoms with Crippen LogP contribution in [0.25, 0.3) is 12.2 Å². The Balaban J connectivity index is 1.34. The summed E-state index contributed by atoms with van der Waals surface area (Å²) in [6.45, 7) is 1.26. The minimum atomic E-state index is -0.541. The average molecular weight is 501 g/mol. The molecule has 4 aromatic rings. The van der Waals surface area contributed by atoms with Gasteiger partial charge in [0, 0.05) is 5.69 Å². The van der Waals surface area contributed by atoms with Crippen LogP contribution in [0.1, 0.15) is 17.0 Å². The molecule has 1 heterocycles. The summed E-state index contributed by atoms with van der Waals surface area (Å²) in [6.07, 6.45) is 3.08. The summed E-state index contributed by atoms with van der Waals surface area (Å²) in [5.41, 5.74) is 1.28. The molecule has 188 valence electrons. The Kier molecular flexibility index (Phi) is 7.79. The van der Waals surface area contributed by atoms with Crippen LogP contribution in [0.4, 0.5) is 11.4 Å². The SMILES string of the molecule is COc1cc(/C=C/c2onc(C)c2[N+](=O)[O-])ccc1OCC(=O)Nc1ccc(Oc2ccccc2)cc1. The number of benzene rings is 3. The fourth-order valence-corrected chi connectivity index (χ4v) is 3.36. The molecule has 0 saturated heterocycles. The number of anilines is 1. The predicted octanol–water partition coefficient (Wildman–Crippen LogP) is 5.88. The van der Waals surface area contributed by atoms with Crippen LogP contribution in [0.15, 0.2) is 77.3 Å². The third kappa shape index (κ3) is 6.51. The van der Waals surface area contributed by atoms with Crippen molar-refractivity contribution in [2.75, 3.05) is 19.0 Å². The normalized spacial score (nSPS) is 10.8. The van der Waals surface area contributed by atoms with Crippen molar-refractivity contribution in [1.29, 1.82) is 0 Å². The van der Waals surface area contributed by atoms with Crippen LogP contribution in [0.2, 0.25) is 0 Å². The van der Waals surface area contributed by atoms with Gasteiger partial charge in [-0.3, -0.25) is 14.9 Å². The molecule has 4 rings (SSSR count). The van der Waals surface area contributed by atoms with Crippen molar-refractivity contribution >= 4 is 29.4 Å². The molecule has 0 aliphatic carbocycles. The predicted molar refractivity (Wildman–Crippen MR) is 137 cm³/mol. The lowest BCUT2D eigenvalue weighted by Crippen LogP contribution is -2.20. The molecular weight excluding hydrogens is 478 g/mol. The number of para-hydroxylation sites is 1. The van der Waals surface area contributed by atoms with Crippen LogP contribution in [0, 0.1) is 17.0 Å². The third-order valence-electron chi connectivity index (χ3n) is 5.13. The fourth-order valence-electron chi connectivity index (χ4n) is 3.36. The summed E-state index contributed by atoms with van der Waals surface area (Å²) in [5.74, 6) is 1.81. The van der Waals surface area contributed by atoms with Gasteiger partial charge in [-0.25, -0.2) is 0 Å². The molecule has 0 radical (unpaired) electrons. The van der Waals surface area contributed by atoms with Crippen molar-refractivity contribution in [3.8, 4) is 23.0 Å². The fraction of sp³-hybridized carbons (Fsp3) is 0.111. The molecule has 10 heteroatoms. The van der Waals surface area contributed by atoms with Gasteiger partial charge in [0.25, 0.3) is 5.91 Å². The van der Waals surface area contributed by atoms with E-state index in [1.807, 2.05) is 30.3 Å². The maximum absolute atomic E-state index is 12.4. The number of aryl methyl sites for hydroxylation is 1. The number of hydrogen-bond donors (Lipinski definition) is 1. The monoisotopic (exact) mass is 501 g/mol. The maximum atomic E-state index is 12.4. The van der Waals surface area contributed by atoms with Gasteiger partial charge < -0.3 is 24.1 Å². The first kappa shape index (κ1) is 25.0. The average Bonchev–Trinajstić information content (AvgIpc) is 3.28. The number of nitro groups is 1. The first-order valence-corrected chi connectivity index (χ1v) is 11.2. The lowest BCUT2D eigenvalue weighted by atomic mass is 10.1. The van der Waals surface area contributed by atoms with E-state index < -0.39 is 4.92 Å². The second-order valence-corrected chi connectivity index (χ2v) is 7.76. The van der Waals surface area contributed by atoms with Crippen molar-refractivity contribution in [2.45, 2.75) is 6.92 Å². The summed E-state index contributed by atoms with van der Waals surface area (Å²) < 4.78 is 21.8. The highest BCUT2D eigenvalue weighted by molar-refractivity contribution is 5.92. The zero-order valence-corrected chi connectivity index (χ0v) is 20.0. The van der Waals surface area contributed by atoms with Crippen LogP contribution in [0.3, 0.4) is 0 Å². The zero-order chi connectivity index (χ0) is 26.2. The second kappa shape index (κ2) is 11.5. The standard InChI is InChI=1S/C27H23N3O7/c1-18-27(30(32)33)24(37-29-18)15-9-19-8-14-23(25(16-19)34-2)35-17-26(31)28-20-10-12-22(13-11-20)36-21-6-4-3-5-7-21/h3-16H,17H2,1-2H3,(H,28,31)/b15-9+. The molecule has 37 heavy (non-hydrogen) atoms.